The summed E-state index contributed by atoms with van der Waals surface area (Å²) in [6.45, 7) is 2.33. The van der Waals surface area contributed by atoms with E-state index in [2.05, 4.69) is 16.2 Å². The van der Waals surface area contributed by atoms with E-state index < -0.39 is 6.03 Å². The number of carbonyl (C=O) groups excluding carboxylic acids is 3. The number of carbonyl (C=O) groups is 3. The quantitative estimate of drug-likeness (QED) is 0.445. The third-order valence-electron chi connectivity index (χ3n) is 3.08. The number of nitrogens with one attached hydrogen (secondary N) is 3. The molecule has 22 heavy (non-hydrogen) atoms. The summed E-state index contributed by atoms with van der Waals surface area (Å²) in [4.78, 5) is 33.9. The molecule has 0 fully saturated rings. The van der Waals surface area contributed by atoms with Gasteiger partial charge in [0.1, 0.15) is 0 Å². The fourth-order valence-corrected chi connectivity index (χ4v) is 1.88. The summed E-state index contributed by atoms with van der Waals surface area (Å²) in [7, 11) is 0. The minimum absolute atomic E-state index is 0.246. The zero-order chi connectivity index (χ0) is 16.4. The standard InChI is InChI=1S/C15H22N4O3/c1-11-7-4-5-8-12(11)14(21)19-18-13(20)9-3-2-6-10-17-15(16)22/h4-5,7-8H,2-3,6,9-10H2,1H3,(H,18,20)(H,19,21)(H3,16,17,22). The number of aryl methyl sites for hydroxylation is 1. The van der Waals surface area contributed by atoms with Gasteiger partial charge in [0.05, 0.1) is 0 Å². The van der Waals surface area contributed by atoms with Gasteiger partial charge >= 0.3 is 6.03 Å². The topological polar surface area (TPSA) is 113 Å². The Morgan fingerprint density at radius 1 is 1.05 bits per heavy atom. The molecule has 7 nitrogen and oxygen atoms in total. The summed E-state index contributed by atoms with van der Waals surface area (Å²) in [5.74, 6) is -0.582. The molecule has 5 N–H and O–H groups in total. The predicted molar refractivity (Wildman–Crippen MR) is 82.8 cm³/mol. The van der Waals surface area contributed by atoms with Crippen LogP contribution in [0.5, 0.6) is 0 Å². The van der Waals surface area contributed by atoms with Crippen molar-refractivity contribution in [2.75, 3.05) is 6.54 Å². The Morgan fingerprint density at radius 3 is 2.45 bits per heavy atom. The number of primary amides is 1. The number of unbranched alkanes of at least 4 members (excludes halogenated alkanes) is 2. The van der Waals surface area contributed by atoms with Crippen molar-refractivity contribution in [1.29, 1.82) is 0 Å². The summed E-state index contributed by atoms with van der Waals surface area (Å²) in [5, 5.41) is 2.48. The lowest BCUT2D eigenvalue weighted by Crippen LogP contribution is -2.41. The van der Waals surface area contributed by atoms with Gasteiger partial charge in [0, 0.05) is 18.5 Å². The second-order valence-corrected chi connectivity index (χ2v) is 4.92. The van der Waals surface area contributed by atoms with Gasteiger partial charge in [-0.1, -0.05) is 24.6 Å². The largest absolute Gasteiger partial charge is 0.352 e. The van der Waals surface area contributed by atoms with Gasteiger partial charge in [0.15, 0.2) is 0 Å². The summed E-state index contributed by atoms with van der Waals surface area (Å²) in [6, 6.07) is 6.60. The van der Waals surface area contributed by atoms with Gasteiger partial charge in [-0.05, 0) is 31.4 Å². The third kappa shape index (κ3) is 6.74. The van der Waals surface area contributed by atoms with Crippen LogP contribution < -0.4 is 21.9 Å². The molecule has 0 bridgehead atoms. The highest BCUT2D eigenvalue weighted by Crippen LogP contribution is 2.06. The molecular formula is C15H22N4O3. The van der Waals surface area contributed by atoms with Crippen LogP contribution in [-0.2, 0) is 4.79 Å². The minimum atomic E-state index is -0.545. The van der Waals surface area contributed by atoms with E-state index in [4.69, 9.17) is 5.73 Å². The Hall–Kier alpha value is -2.57. The van der Waals surface area contributed by atoms with E-state index in [0.717, 1.165) is 18.4 Å². The van der Waals surface area contributed by atoms with Crippen LogP contribution in [0.1, 0.15) is 41.6 Å². The SMILES string of the molecule is Cc1ccccc1C(=O)NNC(=O)CCCCCNC(N)=O. The maximum absolute atomic E-state index is 11.9. The van der Waals surface area contributed by atoms with Crippen molar-refractivity contribution >= 4 is 17.8 Å². The second-order valence-electron chi connectivity index (χ2n) is 4.92. The van der Waals surface area contributed by atoms with Crippen LogP contribution in [0.15, 0.2) is 24.3 Å². The molecule has 0 spiro atoms. The van der Waals surface area contributed by atoms with Gasteiger partial charge in [0.2, 0.25) is 5.91 Å². The number of hydrazine groups is 1. The molecule has 1 rings (SSSR count). The first-order valence-electron chi connectivity index (χ1n) is 7.19. The lowest BCUT2D eigenvalue weighted by molar-refractivity contribution is -0.122. The van der Waals surface area contributed by atoms with Gasteiger partial charge in [-0.15, -0.1) is 0 Å². The van der Waals surface area contributed by atoms with Gasteiger partial charge in [-0.25, -0.2) is 4.79 Å². The smallest absolute Gasteiger partial charge is 0.312 e. The van der Waals surface area contributed by atoms with E-state index in [1.165, 1.54) is 0 Å². The molecule has 1 aromatic rings. The average Bonchev–Trinajstić information content (AvgIpc) is 2.48. The van der Waals surface area contributed by atoms with Crippen LogP contribution in [0, 0.1) is 6.92 Å². The molecule has 0 heterocycles. The Morgan fingerprint density at radius 2 is 1.77 bits per heavy atom. The molecule has 0 aromatic heterocycles. The summed E-state index contributed by atoms with van der Waals surface area (Å²) in [6.07, 6.45) is 2.53. The maximum Gasteiger partial charge on any atom is 0.312 e. The zero-order valence-electron chi connectivity index (χ0n) is 12.6. The number of nitrogens with two attached hydrogens (primary N) is 1. The molecule has 0 aliphatic rings. The molecule has 0 radical (unpaired) electrons. The van der Waals surface area contributed by atoms with E-state index in [1.807, 2.05) is 19.1 Å². The molecule has 7 heteroatoms. The van der Waals surface area contributed by atoms with Crippen LogP contribution in [0.4, 0.5) is 4.79 Å². The number of urea groups is 1. The Labute approximate surface area is 129 Å². The van der Waals surface area contributed by atoms with Crippen molar-refractivity contribution in [1.82, 2.24) is 16.2 Å². The second kappa shape index (κ2) is 9.38. The molecule has 4 amide bonds. The summed E-state index contributed by atoms with van der Waals surface area (Å²) >= 11 is 0. The van der Waals surface area contributed by atoms with Gasteiger partial charge in [-0.2, -0.15) is 0 Å². The highest BCUT2D eigenvalue weighted by molar-refractivity contribution is 5.96. The Bertz CT molecular complexity index is 531. The molecule has 0 saturated heterocycles. The number of hydrogen-bond donors (Lipinski definition) is 4. The monoisotopic (exact) mass is 306 g/mol. The van der Waals surface area contributed by atoms with Gasteiger partial charge in [0.25, 0.3) is 5.91 Å². The lowest BCUT2D eigenvalue weighted by Gasteiger charge is -2.09. The van der Waals surface area contributed by atoms with Crippen LogP contribution in [-0.4, -0.2) is 24.4 Å². The fourth-order valence-electron chi connectivity index (χ4n) is 1.88. The Balaban J connectivity index is 2.17. The maximum atomic E-state index is 11.9. The first-order valence-corrected chi connectivity index (χ1v) is 7.19. The molecular weight excluding hydrogens is 284 g/mol. The van der Waals surface area contributed by atoms with Crippen LogP contribution >= 0.6 is 0 Å². The van der Waals surface area contributed by atoms with Crippen LogP contribution in [0.2, 0.25) is 0 Å². The molecule has 0 aliphatic heterocycles. The summed E-state index contributed by atoms with van der Waals surface area (Å²) in [5.41, 5.74) is 11.1. The van der Waals surface area contributed by atoms with Crippen LogP contribution in [0.25, 0.3) is 0 Å². The van der Waals surface area contributed by atoms with Crippen molar-refractivity contribution in [2.24, 2.45) is 5.73 Å². The molecule has 0 atom stereocenters. The molecule has 120 valence electrons. The van der Waals surface area contributed by atoms with Crippen molar-refractivity contribution in [2.45, 2.75) is 32.6 Å². The number of benzene rings is 1. The Kier molecular flexibility index (Phi) is 7.45. The normalized spacial score (nSPS) is 9.86. The highest BCUT2D eigenvalue weighted by atomic mass is 16.2. The molecule has 0 unspecified atom stereocenters. The highest BCUT2D eigenvalue weighted by Gasteiger charge is 2.09. The van der Waals surface area contributed by atoms with Crippen molar-refractivity contribution in [3.63, 3.8) is 0 Å². The van der Waals surface area contributed by atoms with Crippen molar-refractivity contribution in [3.8, 4) is 0 Å². The number of rotatable bonds is 7. The first kappa shape index (κ1) is 17.5. The van der Waals surface area contributed by atoms with Gasteiger partial charge in [-0.3, -0.25) is 20.4 Å². The lowest BCUT2D eigenvalue weighted by atomic mass is 10.1. The molecule has 0 saturated carbocycles. The number of hydrogen-bond acceptors (Lipinski definition) is 3. The van der Waals surface area contributed by atoms with Gasteiger partial charge < -0.3 is 11.1 Å². The predicted octanol–water partition coefficient (Wildman–Crippen LogP) is 0.985. The van der Waals surface area contributed by atoms with E-state index in [1.54, 1.807) is 12.1 Å². The molecule has 0 aliphatic carbocycles. The van der Waals surface area contributed by atoms with Crippen LogP contribution in [0.3, 0.4) is 0 Å². The van der Waals surface area contributed by atoms with Crippen molar-refractivity contribution < 1.29 is 14.4 Å². The van der Waals surface area contributed by atoms with E-state index in [0.29, 0.717) is 24.9 Å². The first-order chi connectivity index (χ1) is 10.5. The molecule has 1 aromatic carbocycles. The average molecular weight is 306 g/mol. The zero-order valence-corrected chi connectivity index (χ0v) is 12.6. The fraction of sp³-hybridized carbons (Fsp3) is 0.400. The minimum Gasteiger partial charge on any atom is -0.352 e. The summed E-state index contributed by atoms with van der Waals surface area (Å²) < 4.78 is 0. The van der Waals surface area contributed by atoms with E-state index >= 15 is 0 Å². The van der Waals surface area contributed by atoms with Crippen molar-refractivity contribution in [3.05, 3.63) is 35.4 Å². The number of amides is 4. The van der Waals surface area contributed by atoms with E-state index in [9.17, 15) is 14.4 Å². The third-order valence-corrected chi connectivity index (χ3v) is 3.08. The van der Waals surface area contributed by atoms with E-state index in [-0.39, 0.29) is 11.8 Å².